The number of nitrogens with zero attached hydrogens (tertiary/aromatic N) is 2. The molecule has 2 aromatic rings. The van der Waals surface area contributed by atoms with E-state index in [-0.39, 0.29) is 17.2 Å². The zero-order valence-electron chi connectivity index (χ0n) is 9.79. The summed E-state index contributed by atoms with van der Waals surface area (Å²) in [6.07, 6.45) is -4.49. The standard InChI is InChI=1S/C12H9BrF3N3/c1-6-4-10(17)19-11(18-6)8-3-2-7(13)5-9(8)12(14,15)16/h2-5H,1H3,(H2,17,18,19). The molecule has 0 saturated heterocycles. The SMILES string of the molecule is Cc1cc(N)nc(-c2ccc(Br)cc2C(F)(F)F)n1. The third-order valence-corrected chi connectivity index (χ3v) is 2.90. The summed E-state index contributed by atoms with van der Waals surface area (Å²) in [4.78, 5) is 7.86. The summed E-state index contributed by atoms with van der Waals surface area (Å²) in [6, 6.07) is 5.32. The molecule has 1 aromatic heterocycles. The molecule has 1 aromatic carbocycles. The van der Waals surface area contributed by atoms with Crippen LogP contribution >= 0.6 is 15.9 Å². The highest BCUT2D eigenvalue weighted by atomic mass is 79.9. The van der Waals surface area contributed by atoms with Crippen LogP contribution in [-0.4, -0.2) is 9.97 Å². The number of benzene rings is 1. The van der Waals surface area contributed by atoms with Crippen LogP contribution in [0.3, 0.4) is 0 Å². The van der Waals surface area contributed by atoms with E-state index in [9.17, 15) is 13.2 Å². The normalized spacial score (nSPS) is 11.6. The molecule has 0 radical (unpaired) electrons. The minimum atomic E-state index is -4.49. The van der Waals surface area contributed by atoms with Crippen LogP contribution in [-0.2, 0) is 6.18 Å². The topological polar surface area (TPSA) is 51.8 Å². The van der Waals surface area contributed by atoms with E-state index in [1.807, 2.05) is 0 Å². The van der Waals surface area contributed by atoms with Crippen LogP contribution in [0.4, 0.5) is 19.0 Å². The van der Waals surface area contributed by atoms with Crippen molar-refractivity contribution in [3.63, 3.8) is 0 Å². The number of nitrogen functional groups attached to an aromatic ring is 1. The molecule has 0 aliphatic rings. The van der Waals surface area contributed by atoms with Crippen molar-refractivity contribution in [2.24, 2.45) is 0 Å². The van der Waals surface area contributed by atoms with Crippen molar-refractivity contribution in [3.8, 4) is 11.4 Å². The van der Waals surface area contributed by atoms with Gasteiger partial charge < -0.3 is 5.73 Å². The van der Waals surface area contributed by atoms with Gasteiger partial charge in [-0.05, 0) is 25.1 Å². The lowest BCUT2D eigenvalue weighted by Crippen LogP contribution is -2.09. The molecule has 0 amide bonds. The molecule has 7 heteroatoms. The van der Waals surface area contributed by atoms with Gasteiger partial charge in [0.1, 0.15) is 5.82 Å². The van der Waals surface area contributed by atoms with E-state index in [1.165, 1.54) is 18.2 Å². The van der Waals surface area contributed by atoms with E-state index in [0.717, 1.165) is 6.07 Å². The molecule has 3 nitrogen and oxygen atoms in total. The summed E-state index contributed by atoms with van der Waals surface area (Å²) in [7, 11) is 0. The van der Waals surface area contributed by atoms with Gasteiger partial charge in [0.2, 0.25) is 0 Å². The predicted octanol–water partition coefficient (Wildman–Crippen LogP) is 3.82. The first kappa shape index (κ1) is 13.8. The van der Waals surface area contributed by atoms with Crippen molar-refractivity contribution < 1.29 is 13.2 Å². The Hall–Kier alpha value is -1.63. The van der Waals surface area contributed by atoms with Crippen LogP contribution in [0.15, 0.2) is 28.7 Å². The average molecular weight is 332 g/mol. The van der Waals surface area contributed by atoms with Crippen molar-refractivity contribution in [2.75, 3.05) is 5.73 Å². The van der Waals surface area contributed by atoms with Gasteiger partial charge in [-0.1, -0.05) is 15.9 Å². The third-order valence-electron chi connectivity index (χ3n) is 2.40. The van der Waals surface area contributed by atoms with Crippen molar-refractivity contribution in [1.29, 1.82) is 0 Å². The number of halogens is 4. The van der Waals surface area contributed by atoms with E-state index >= 15 is 0 Å². The van der Waals surface area contributed by atoms with Gasteiger partial charge in [-0.25, -0.2) is 9.97 Å². The lowest BCUT2D eigenvalue weighted by Gasteiger charge is -2.13. The van der Waals surface area contributed by atoms with Gasteiger partial charge in [-0.2, -0.15) is 13.2 Å². The minimum absolute atomic E-state index is 0.0303. The van der Waals surface area contributed by atoms with Crippen LogP contribution < -0.4 is 5.73 Å². The quantitative estimate of drug-likeness (QED) is 0.864. The summed E-state index contributed by atoms with van der Waals surface area (Å²) >= 11 is 3.02. The monoisotopic (exact) mass is 331 g/mol. The fourth-order valence-corrected chi connectivity index (χ4v) is 2.02. The Morgan fingerprint density at radius 3 is 2.42 bits per heavy atom. The fourth-order valence-electron chi connectivity index (χ4n) is 1.66. The van der Waals surface area contributed by atoms with Crippen LogP contribution in [0.1, 0.15) is 11.3 Å². The highest BCUT2D eigenvalue weighted by Gasteiger charge is 2.34. The van der Waals surface area contributed by atoms with E-state index in [0.29, 0.717) is 10.2 Å². The Balaban J connectivity index is 2.68. The molecule has 0 fully saturated rings. The first-order valence-corrected chi connectivity index (χ1v) is 6.05. The second-order valence-electron chi connectivity index (χ2n) is 3.95. The number of hydrogen-bond donors (Lipinski definition) is 1. The molecule has 2 rings (SSSR count). The Kier molecular flexibility index (Phi) is 3.49. The summed E-state index contributed by atoms with van der Waals surface area (Å²) in [6.45, 7) is 1.65. The smallest absolute Gasteiger partial charge is 0.384 e. The Morgan fingerprint density at radius 2 is 1.84 bits per heavy atom. The highest BCUT2D eigenvalue weighted by molar-refractivity contribution is 9.10. The van der Waals surface area contributed by atoms with Crippen molar-refractivity contribution in [2.45, 2.75) is 13.1 Å². The summed E-state index contributed by atoms with van der Waals surface area (Å²) < 4.78 is 39.4. The molecule has 100 valence electrons. The maximum Gasteiger partial charge on any atom is 0.417 e. The van der Waals surface area contributed by atoms with Gasteiger partial charge in [0.25, 0.3) is 0 Å². The van der Waals surface area contributed by atoms with Crippen molar-refractivity contribution >= 4 is 21.7 Å². The molecule has 19 heavy (non-hydrogen) atoms. The first-order chi connectivity index (χ1) is 8.77. The zero-order valence-corrected chi connectivity index (χ0v) is 11.4. The molecule has 2 N–H and O–H groups in total. The maximum absolute atomic E-state index is 13.0. The first-order valence-electron chi connectivity index (χ1n) is 5.25. The lowest BCUT2D eigenvalue weighted by molar-refractivity contribution is -0.137. The number of alkyl halides is 3. The molecule has 0 unspecified atom stereocenters. The molecule has 1 heterocycles. The Morgan fingerprint density at radius 1 is 1.16 bits per heavy atom. The molecule has 0 aliphatic heterocycles. The van der Waals surface area contributed by atoms with E-state index in [1.54, 1.807) is 6.92 Å². The van der Waals surface area contributed by atoms with Crippen LogP contribution in [0.2, 0.25) is 0 Å². The second kappa shape index (κ2) is 4.80. The largest absolute Gasteiger partial charge is 0.417 e. The lowest BCUT2D eigenvalue weighted by atomic mass is 10.1. The molecular weight excluding hydrogens is 323 g/mol. The third kappa shape index (κ3) is 3.04. The van der Waals surface area contributed by atoms with E-state index < -0.39 is 11.7 Å². The molecule has 0 saturated carbocycles. The number of aryl methyl sites for hydroxylation is 1. The predicted molar refractivity (Wildman–Crippen MR) is 69.3 cm³/mol. The number of rotatable bonds is 1. The molecular formula is C12H9BrF3N3. The number of anilines is 1. The average Bonchev–Trinajstić information content (AvgIpc) is 2.26. The molecule has 0 aliphatic carbocycles. The molecule has 0 spiro atoms. The Labute approximate surface area is 115 Å². The van der Waals surface area contributed by atoms with Gasteiger partial charge in [-0.15, -0.1) is 0 Å². The fraction of sp³-hybridized carbons (Fsp3) is 0.167. The van der Waals surface area contributed by atoms with Crippen LogP contribution in [0.25, 0.3) is 11.4 Å². The van der Waals surface area contributed by atoms with Gasteiger partial charge in [0.05, 0.1) is 5.56 Å². The summed E-state index contributed by atoms with van der Waals surface area (Å²) in [5.41, 5.74) is 5.17. The number of aromatic nitrogens is 2. The second-order valence-corrected chi connectivity index (χ2v) is 4.86. The molecule has 0 atom stereocenters. The minimum Gasteiger partial charge on any atom is -0.384 e. The van der Waals surface area contributed by atoms with Gasteiger partial charge in [-0.3, -0.25) is 0 Å². The summed E-state index contributed by atoms with van der Waals surface area (Å²) in [5, 5.41) is 0. The van der Waals surface area contributed by atoms with Crippen molar-refractivity contribution in [3.05, 3.63) is 40.0 Å². The van der Waals surface area contributed by atoms with Crippen LogP contribution in [0.5, 0.6) is 0 Å². The van der Waals surface area contributed by atoms with Gasteiger partial charge >= 0.3 is 6.18 Å². The Bertz CT molecular complexity index is 606. The van der Waals surface area contributed by atoms with E-state index in [4.69, 9.17) is 5.73 Å². The van der Waals surface area contributed by atoms with Crippen LogP contribution in [0, 0.1) is 6.92 Å². The molecule has 0 bridgehead atoms. The maximum atomic E-state index is 13.0. The number of hydrogen-bond acceptors (Lipinski definition) is 3. The van der Waals surface area contributed by atoms with Crippen molar-refractivity contribution in [1.82, 2.24) is 9.97 Å². The van der Waals surface area contributed by atoms with Gasteiger partial charge in [0, 0.05) is 21.8 Å². The zero-order chi connectivity index (χ0) is 14.2. The van der Waals surface area contributed by atoms with E-state index in [2.05, 4.69) is 25.9 Å². The van der Waals surface area contributed by atoms with Gasteiger partial charge in [0.15, 0.2) is 5.82 Å². The highest BCUT2D eigenvalue weighted by Crippen LogP contribution is 2.37. The summed E-state index contributed by atoms with van der Waals surface area (Å²) in [5.74, 6) is 0.107. The number of nitrogens with two attached hydrogens (primary N) is 1.